The number of hydrogen-bond donors (Lipinski definition) is 1. The topological polar surface area (TPSA) is 31.4 Å². The molecule has 1 aromatic rings. The summed E-state index contributed by atoms with van der Waals surface area (Å²) in [4.78, 5) is 9.58. The van der Waals surface area contributed by atoms with Gasteiger partial charge in [-0.1, -0.05) is 6.92 Å². The zero-order valence-electron chi connectivity index (χ0n) is 13.6. The fourth-order valence-corrected chi connectivity index (χ4v) is 2.90. The van der Waals surface area contributed by atoms with E-state index in [2.05, 4.69) is 69.8 Å². The lowest BCUT2D eigenvalue weighted by Gasteiger charge is -2.36. The van der Waals surface area contributed by atoms with Gasteiger partial charge in [0.2, 0.25) is 0 Å². The highest BCUT2D eigenvalue weighted by Gasteiger charge is 2.20. The molecule has 1 aliphatic heterocycles. The molecule has 1 aromatic heterocycles. The van der Waals surface area contributed by atoms with Crippen LogP contribution in [0.2, 0.25) is 0 Å². The lowest BCUT2D eigenvalue weighted by Crippen LogP contribution is -2.47. The maximum absolute atomic E-state index is 4.67. The van der Waals surface area contributed by atoms with Crippen molar-refractivity contribution in [2.24, 2.45) is 0 Å². The number of piperazine rings is 1. The van der Waals surface area contributed by atoms with E-state index in [1.165, 1.54) is 5.56 Å². The van der Waals surface area contributed by atoms with E-state index in [1.807, 2.05) is 6.20 Å². The van der Waals surface area contributed by atoms with E-state index >= 15 is 0 Å². The van der Waals surface area contributed by atoms with Crippen molar-refractivity contribution in [2.75, 3.05) is 37.6 Å². The number of halogens is 1. The van der Waals surface area contributed by atoms with Gasteiger partial charge >= 0.3 is 0 Å². The zero-order valence-corrected chi connectivity index (χ0v) is 15.2. The summed E-state index contributed by atoms with van der Waals surface area (Å²) in [6.07, 6.45) is 1.90. The molecule has 1 N–H and O–H groups in total. The molecule has 0 spiro atoms. The molecule has 2 rings (SSSR count). The Hall–Kier alpha value is -0.650. The van der Waals surface area contributed by atoms with Crippen LogP contribution < -0.4 is 10.2 Å². The van der Waals surface area contributed by atoms with Crippen LogP contribution in [0.4, 0.5) is 5.82 Å². The number of rotatable bonds is 4. The fourth-order valence-electron chi connectivity index (χ4n) is 2.53. The minimum atomic E-state index is 0.112. The third-order valence-corrected chi connectivity index (χ3v) is 4.27. The summed E-state index contributed by atoms with van der Waals surface area (Å²) in [7, 11) is 0. The Balaban J connectivity index is 2.11. The van der Waals surface area contributed by atoms with Gasteiger partial charge in [-0.15, -0.1) is 0 Å². The highest BCUT2D eigenvalue weighted by molar-refractivity contribution is 9.10. The lowest BCUT2D eigenvalue weighted by atomic mass is 10.1. The highest BCUT2D eigenvalue weighted by Crippen LogP contribution is 2.23. The van der Waals surface area contributed by atoms with Crippen LogP contribution in [0.5, 0.6) is 0 Å². The number of nitrogens with zero attached hydrogens (tertiary/aromatic N) is 3. The van der Waals surface area contributed by atoms with Crippen molar-refractivity contribution in [2.45, 2.75) is 39.8 Å². The Morgan fingerprint density at radius 3 is 2.48 bits per heavy atom. The van der Waals surface area contributed by atoms with Crippen molar-refractivity contribution in [1.82, 2.24) is 15.2 Å². The molecule has 0 radical (unpaired) electrons. The molecule has 1 saturated heterocycles. The van der Waals surface area contributed by atoms with Crippen LogP contribution >= 0.6 is 15.9 Å². The molecule has 5 heteroatoms. The van der Waals surface area contributed by atoms with Gasteiger partial charge in [-0.25, -0.2) is 4.98 Å². The summed E-state index contributed by atoms with van der Waals surface area (Å²) in [5, 5.41) is 3.57. The van der Waals surface area contributed by atoms with Gasteiger partial charge in [0.05, 0.1) is 0 Å². The summed E-state index contributed by atoms with van der Waals surface area (Å²) in [6, 6.07) is 2.19. The van der Waals surface area contributed by atoms with E-state index < -0.39 is 0 Å². The summed E-state index contributed by atoms with van der Waals surface area (Å²) in [6.45, 7) is 15.2. The van der Waals surface area contributed by atoms with Crippen LogP contribution in [0.25, 0.3) is 0 Å². The number of likely N-dealkylation sites (N-methyl/N-ethyl adjacent to an activating group) is 1. The van der Waals surface area contributed by atoms with Crippen molar-refractivity contribution in [1.29, 1.82) is 0 Å². The maximum Gasteiger partial charge on any atom is 0.133 e. The number of hydrogen-bond acceptors (Lipinski definition) is 4. The number of nitrogens with one attached hydrogen (secondary N) is 1. The Labute approximate surface area is 137 Å². The molecule has 2 heterocycles. The molecule has 4 nitrogen and oxygen atoms in total. The molecule has 118 valence electrons. The molecule has 21 heavy (non-hydrogen) atoms. The van der Waals surface area contributed by atoms with Crippen LogP contribution in [0.3, 0.4) is 0 Å². The van der Waals surface area contributed by atoms with Crippen LogP contribution in [-0.4, -0.2) is 48.1 Å². The van der Waals surface area contributed by atoms with E-state index in [4.69, 9.17) is 0 Å². The Bertz CT molecular complexity index is 462. The van der Waals surface area contributed by atoms with Crippen molar-refractivity contribution in [3.05, 3.63) is 22.3 Å². The van der Waals surface area contributed by atoms with Crippen molar-refractivity contribution in [3.63, 3.8) is 0 Å². The average Bonchev–Trinajstić information content (AvgIpc) is 2.45. The third-order valence-electron chi connectivity index (χ3n) is 3.84. The summed E-state index contributed by atoms with van der Waals surface area (Å²) in [5.74, 6) is 1.13. The highest BCUT2D eigenvalue weighted by atomic mass is 79.9. The SMILES string of the molecule is CCN1CCN(c2ncc(Br)cc2CNC(C)(C)C)CC1. The van der Waals surface area contributed by atoms with Crippen molar-refractivity contribution in [3.8, 4) is 0 Å². The predicted octanol–water partition coefficient (Wildman–Crippen LogP) is 2.87. The summed E-state index contributed by atoms with van der Waals surface area (Å²) in [5.41, 5.74) is 1.38. The molecule has 0 aliphatic carbocycles. The summed E-state index contributed by atoms with van der Waals surface area (Å²) < 4.78 is 1.05. The maximum atomic E-state index is 4.67. The monoisotopic (exact) mass is 354 g/mol. The van der Waals surface area contributed by atoms with Crippen molar-refractivity contribution >= 4 is 21.7 Å². The van der Waals surface area contributed by atoms with Gasteiger partial charge in [-0.2, -0.15) is 0 Å². The van der Waals surface area contributed by atoms with Gasteiger partial charge in [0, 0.05) is 54.5 Å². The minimum Gasteiger partial charge on any atom is -0.354 e. The molecule has 1 fully saturated rings. The predicted molar refractivity (Wildman–Crippen MR) is 92.9 cm³/mol. The molecule has 1 aliphatic rings. The van der Waals surface area contributed by atoms with Gasteiger partial charge in [0.25, 0.3) is 0 Å². The Kier molecular flexibility index (Phi) is 5.63. The molecule has 0 atom stereocenters. The Morgan fingerprint density at radius 1 is 1.24 bits per heavy atom. The molecular weight excluding hydrogens is 328 g/mol. The standard InChI is InChI=1S/C16H27BrN4/c1-5-20-6-8-21(9-7-20)15-13(10-14(17)12-18-15)11-19-16(2,3)4/h10,12,19H,5-9,11H2,1-4H3. The van der Waals surface area contributed by atoms with E-state index in [0.717, 1.165) is 49.6 Å². The summed E-state index contributed by atoms with van der Waals surface area (Å²) >= 11 is 3.54. The fraction of sp³-hybridized carbons (Fsp3) is 0.688. The number of pyridine rings is 1. The molecule has 0 amide bonds. The van der Waals surface area contributed by atoms with Crippen LogP contribution in [0, 0.1) is 0 Å². The first kappa shape index (κ1) is 16.7. The largest absolute Gasteiger partial charge is 0.354 e. The molecule has 0 saturated carbocycles. The van der Waals surface area contributed by atoms with E-state index in [0.29, 0.717) is 0 Å². The van der Waals surface area contributed by atoms with Gasteiger partial charge in [-0.05, 0) is 49.3 Å². The second-order valence-electron chi connectivity index (χ2n) is 6.66. The molecule has 0 aromatic carbocycles. The van der Waals surface area contributed by atoms with Gasteiger partial charge in [0.15, 0.2) is 0 Å². The van der Waals surface area contributed by atoms with Gasteiger partial charge in [-0.3, -0.25) is 0 Å². The first-order valence-corrected chi connectivity index (χ1v) is 8.55. The molecule has 0 unspecified atom stereocenters. The second kappa shape index (κ2) is 7.07. The van der Waals surface area contributed by atoms with Gasteiger partial charge < -0.3 is 15.1 Å². The first-order chi connectivity index (χ1) is 9.89. The third kappa shape index (κ3) is 4.94. The number of aromatic nitrogens is 1. The van der Waals surface area contributed by atoms with E-state index in [1.54, 1.807) is 0 Å². The zero-order chi connectivity index (χ0) is 15.5. The molecule has 0 bridgehead atoms. The average molecular weight is 355 g/mol. The van der Waals surface area contributed by atoms with Crippen LogP contribution in [0.1, 0.15) is 33.3 Å². The number of anilines is 1. The van der Waals surface area contributed by atoms with Crippen LogP contribution in [0.15, 0.2) is 16.7 Å². The quantitative estimate of drug-likeness (QED) is 0.900. The minimum absolute atomic E-state index is 0.112. The molecular formula is C16H27BrN4. The van der Waals surface area contributed by atoms with E-state index in [-0.39, 0.29) is 5.54 Å². The lowest BCUT2D eigenvalue weighted by molar-refractivity contribution is 0.270. The second-order valence-corrected chi connectivity index (χ2v) is 7.58. The smallest absolute Gasteiger partial charge is 0.133 e. The van der Waals surface area contributed by atoms with E-state index in [9.17, 15) is 0 Å². The van der Waals surface area contributed by atoms with Crippen LogP contribution in [-0.2, 0) is 6.54 Å². The normalized spacial score (nSPS) is 17.3. The Morgan fingerprint density at radius 2 is 1.90 bits per heavy atom. The first-order valence-electron chi connectivity index (χ1n) is 7.76. The van der Waals surface area contributed by atoms with Gasteiger partial charge in [0.1, 0.15) is 5.82 Å². The van der Waals surface area contributed by atoms with Crippen molar-refractivity contribution < 1.29 is 0 Å².